The maximum absolute atomic E-state index is 13.3. The van der Waals surface area contributed by atoms with Gasteiger partial charge in [0.1, 0.15) is 6.04 Å². The third kappa shape index (κ3) is 4.80. The Labute approximate surface area is 143 Å². The standard InChI is InChI=1S/C17H17F2N3O3/c1-10-3-5-13(22(24)25)8-16(10)21-17(23)9-20-11(2)12-4-6-14(18)15(19)7-12/h3-8,11,20H,9H2,1-2H3,(H,21,23)/p+1/t11-/m0/s1. The molecule has 6 nitrogen and oxygen atoms in total. The summed E-state index contributed by atoms with van der Waals surface area (Å²) < 4.78 is 26.2. The molecule has 2 aromatic rings. The van der Waals surface area contributed by atoms with E-state index in [0.29, 0.717) is 16.8 Å². The number of quaternary nitrogens is 1. The van der Waals surface area contributed by atoms with Crippen molar-refractivity contribution in [2.45, 2.75) is 19.9 Å². The maximum Gasteiger partial charge on any atom is 0.279 e. The first kappa shape index (κ1) is 18.5. The number of carbonyl (C=O) groups excluding carboxylic acids is 1. The van der Waals surface area contributed by atoms with Gasteiger partial charge in [-0.05, 0) is 37.6 Å². The fourth-order valence-corrected chi connectivity index (χ4v) is 2.27. The Balaban J connectivity index is 1.97. The van der Waals surface area contributed by atoms with Crippen molar-refractivity contribution in [3.05, 3.63) is 69.3 Å². The number of halogens is 2. The molecule has 3 N–H and O–H groups in total. The average molecular weight is 350 g/mol. The predicted octanol–water partition coefficient (Wildman–Crippen LogP) is 2.44. The van der Waals surface area contributed by atoms with Gasteiger partial charge >= 0.3 is 0 Å². The Kier molecular flexibility index (Phi) is 5.76. The highest BCUT2D eigenvalue weighted by Crippen LogP contribution is 2.21. The zero-order valence-electron chi connectivity index (χ0n) is 13.8. The summed E-state index contributed by atoms with van der Waals surface area (Å²) in [4.78, 5) is 22.3. The van der Waals surface area contributed by atoms with Crippen LogP contribution in [0.1, 0.15) is 24.1 Å². The smallest absolute Gasteiger partial charge is 0.279 e. The Bertz CT molecular complexity index is 812. The summed E-state index contributed by atoms with van der Waals surface area (Å²) in [6.07, 6.45) is 0. The molecule has 0 aliphatic carbocycles. The number of hydrogen-bond acceptors (Lipinski definition) is 3. The summed E-state index contributed by atoms with van der Waals surface area (Å²) in [5, 5.41) is 15.1. The van der Waals surface area contributed by atoms with E-state index in [1.54, 1.807) is 25.2 Å². The zero-order valence-corrected chi connectivity index (χ0v) is 13.8. The number of amides is 1. The number of nitrogens with zero attached hydrogens (tertiary/aromatic N) is 1. The van der Waals surface area contributed by atoms with Crippen LogP contribution in [0.3, 0.4) is 0 Å². The molecule has 2 rings (SSSR count). The molecule has 0 spiro atoms. The molecule has 0 bridgehead atoms. The van der Waals surface area contributed by atoms with E-state index in [2.05, 4.69) is 5.32 Å². The maximum atomic E-state index is 13.3. The molecule has 0 aliphatic heterocycles. The molecule has 0 fully saturated rings. The van der Waals surface area contributed by atoms with Gasteiger partial charge in [-0.3, -0.25) is 14.9 Å². The molecule has 0 saturated carbocycles. The lowest BCUT2D eigenvalue weighted by atomic mass is 10.1. The van der Waals surface area contributed by atoms with Crippen LogP contribution < -0.4 is 10.6 Å². The minimum absolute atomic E-state index is 0.0301. The van der Waals surface area contributed by atoms with Crippen LogP contribution in [0.25, 0.3) is 0 Å². The summed E-state index contributed by atoms with van der Waals surface area (Å²) in [6, 6.07) is 7.56. The van der Waals surface area contributed by atoms with Gasteiger partial charge in [-0.1, -0.05) is 6.07 Å². The molecular weight excluding hydrogens is 332 g/mol. The Hall–Kier alpha value is -2.87. The Morgan fingerprint density at radius 2 is 1.96 bits per heavy atom. The second kappa shape index (κ2) is 7.80. The number of rotatable bonds is 6. The van der Waals surface area contributed by atoms with Crippen molar-refractivity contribution in [1.29, 1.82) is 0 Å². The highest BCUT2D eigenvalue weighted by molar-refractivity contribution is 5.92. The number of hydrogen-bond donors (Lipinski definition) is 2. The molecule has 0 saturated heterocycles. The quantitative estimate of drug-likeness (QED) is 0.619. The van der Waals surface area contributed by atoms with Crippen LogP contribution in [0.4, 0.5) is 20.2 Å². The van der Waals surface area contributed by atoms with Crippen LogP contribution in [0.5, 0.6) is 0 Å². The minimum Gasteiger partial charge on any atom is -0.333 e. The highest BCUT2D eigenvalue weighted by atomic mass is 19.2. The Morgan fingerprint density at radius 1 is 1.24 bits per heavy atom. The van der Waals surface area contributed by atoms with E-state index in [0.717, 1.165) is 12.1 Å². The lowest BCUT2D eigenvalue weighted by Gasteiger charge is -2.12. The minimum atomic E-state index is -0.936. The van der Waals surface area contributed by atoms with Gasteiger partial charge in [0, 0.05) is 17.7 Å². The third-order valence-electron chi connectivity index (χ3n) is 3.83. The third-order valence-corrected chi connectivity index (χ3v) is 3.83. The zero-order chi connectivity index (χ0) is 18.6. The molecule has 0 aliphatic rings. The normalized spacial score (nSPS) is 11.8. The molecular formula is C17H18F2N3O3+. The topological polar surface area (TPSA) is 88.9 Å². The number of anilines is 1. The van der Waals surface area contributed by atoms with Crippen molar-refractivity contribution < 1.29 is 23.8 Å². The van der Waals surface area contributed by atoms with E-state index in [9.17, 15) is 23.7 Å². The number of nitrogens with one attached hydrogen (secondary N) is 1. The van der Waals surface area contributed by atoms with Crippen LogP contribution in [-0.2, 0) is 4.79 Å². The van der Waals surface area contributed by atoms with Crippen LogP contribution in [0.2, 0.25) is 0 Å². The van der Waals surface area contributed by atoms with E-state index in [1.807, 2.05) is 0 Å². The van der Waals surface area contributed by atoms with Gasteiger partial charge in [0.25, 0.3) is 11.6 Å². The van der Waals surface area contributed by atoms with E-state index >= 15 is 0 Å². The highest BCUT2D eigenvalue weighted by Gasteiger charge is 2.15. The molecule has 0 unspecified atom stereocenters. The number of non-ortho nitro benzene ring substituents is 1. The largest absolute Gasteiger partial charge is 0.333 e. The van der Waals surface area contributed by atoms with Gasteiger partial charge in [0.2, 0.25) is 0 Å². The van der Waals surface area contributed by atoms with Gasteiger partial charge in [-0.2, -0.15) is 0 Å². The van der Waals surface area contributed by atoms with Crippen LogP contribution >= 0.6 is 0 Å². The van der Waals surface area contributed by atoms with Crippen molar-refractivity contribution in [3.8, 4) is 0 Å². The van der Waals surface area contributed by atoms with E-state index in [-0.39, 0.29) is 24.2 Å². The molecule has 2 aromatic carbocycles. The molecule has 8 heteroatoms. The monoisotopic (exact) mass is 350 g/mol. The molecule has 1 amide bonds. The first-order chi connectivity index (χ1) is 11.8. The van der Waals surface area contributed by atoms with Crippen LogP contribution in [-0.4, -0.2) is 17.4 Å². The molecule has 0 heterocycles. The van der Waals surface area contributed by atoms with E-state index in [1.165, 1.54) is 18.2 Å². The van der Waals surface area contributed by atoms with Gasteiger partial charge in [-0.15, -0.1) is 0 Å². The lowest BCUT2D eigenvalue weighted by Crippen LogP contribution is -2.86. The van der Waals surface area contributed by atoms with Crippen LogP contribution in [0.15, 0.2) is 36.4 Å². The second-order valence-corrected chi connectivity index (χ2v) is 5.71. The number of aryl methyl sites for hydroxylation is 1. The van der Waals surface area contributed by atoms with Gasteiger partial charge in [0.15, 0.2) is 18.2 Å². The summed E-state index contributed by atoms with van der Waals surface area (Å²) in [7, 11) is 0. The number of nitrogens with two attached hydrogens (primary N) is 1. The molecule has 1 atom stereocenters. The number of carbonyl (C=O) groups is 1. The fraction of sp³-hybridized carbons (Fsp3) is 0.235. The fourth-order valence-electron chi connectivity index (χ4n) is 2.27. The van der Waals surface area contributed by atoms with Crippen molar-refractivity contribution in [2.75, 3.05) is 11.9 Å². The van der Waals surface area contributed by atoms with Crippen molar-refractivity contribution >= 4 is 17.3 Å². The number of nitro groups is 1. The van der Waals surface area contributed by atoms with Gasteiger partial charge in [0.05, 0.1) is 10.6 Å². The van der Waals surface area contributed by atoms with Crippen molar-refractivity contribution in [2.24, 2.45) is 0 Å². The van der Waals surface area contributed by atoms with Crippen molar-refractivity contribution in [1.82, 2.24) is 0 Å². The summed E-state index contributed by atoms with van der Waals surface area (Å²) >= 11 is 0. The molecule has 132 valence electrons. The second-order valence-electron chi connectivity index (χ2n) is 5.71. The van der Waals surface area contributed by atoms with Crippen LogP contribution in [0, 0.1) is 28.7 Å². The summed E-state index contributed by atoms with van der Waals surface area (Å²) in [5.41, 5.74) is 1.51. The molecule has 25 heavy (non-hydrogen) atoms. The first-order valence-corrected chi connectivity index (χ1v) is 7.61. The Morgan fingerprint density at radius 3 is 2.60 bits per heavy atom. The van der Waals surface area contributed by atoms with Crippen molar-refractivity contribution in [3.63, 3.8) is 0 Å². The first-order valence-electron chi connectivity index (χ1n) is 7.61. The van der Waals surface area contributed by atoms with Gasteiger partial charge in [-0.25, -0.2) is 8.78 Å². The molecule has 0 radical (unpaired) electrons. The SMILES string of the molecule is Cc1ccc([N+](=O)[O-])cc1NC(=O)C[NH2+][C@@H](C)c1ccc(F)c(F)c1. The molecule has 0 aromatic heterocycles. The van der Waals surface area contributed by atoms with Gasteiger partial charge < -0.3 is 10.6 Å². The summed E-state index contributed by atoms with van der Waals surface area (Å²) in [5.74, 6) is -2.21. The van der Waals surface area contributed by atoms with E-state index in [4.69, 9.17) is 0 Å². The predicted molar refractivity (Wildman–Crippen MR) is 88.0 cm³/mol. The number of benzene rings is 2. The lowest BCUT2D eigenvalue weighted by molar-refractivity contribution is -0.682. The number of nitro benzene ring substituents is 1. The van der Waals surface area contributed by atoms with E-state index < -0.39 is 16.6 Å². The average Bonchev–Trinajstić information content (AvgIpc) is 2.57. The summed E-state index contributed by atoms with van der Waals surface area (Å²) in [6.45, 7) is 3.52.